The van der Waals surface area contributed by atoms with Crippen molar-refractivity contribution in [2.24, 2.45) is 5.10 Å². The van der Waals surface area contributed by atoms with E-state index in [2.05, 4.69) is 36.5 Å². The van der Waals surface area contributed by atoms with Gasteiger partial charge in [0.1, 0.15) is 6.61 Å². The molecule has 0 unspecified atom stereocenters. The molecule has 1 N–H and O–H groups in total. The second-order valence-corrected chi connectivity index (χ2v) is 6.59. The van der Waals surface area contributed by atoms with E-state index >= 15 is 0 Å². The first-order valence-corrected chi connectivity index (χ1v) is 9.45. The second-order valence-electron chi connectivity index (χ2n) is 6.59. The summed E-state index contributed by atoms with van der Waals surface area (Å²) in [7, 11) is 0. The lowest BCUT2D eigenvalue weighted by Gasteiger charge is -2.13. The Kier molecular flexibility index (Phi) is 6.68. The molecule has 3 rings (SSSR count). The molecule has 144 valence electrons. The molecule has 0 aliphatic carbocycles. The zero-order valence-electron chi connectivity index (χ0n) is 16.6. The van der Waals surface area contributed by atoms with Crippen molar-refractivity contribution in [3.63, 3.8) is 0 Å². The highest BCUT2D eigenvalue weighted by Gasteiger charge is 2.07. The second kappa shape index (κ2) is 9.60. The Hall–Kier alpha value is -3.27. The molecule has 0 atom stereocenters. The smallest absolute Gasteiger partial charge is 0.161 e. The Morgan fingerprint density at radius 2 is 1.68 bits per heavy atom. The van der Waals surface area contributed by atoms with Gasteiger partial charge >= 0.3 is 0 Å². The molecule has 0 fully saturated rings. The lowest BCUT2D eigenvalue weighted by atomic mass is 10.1. The van der Waals surface area contributed by atoms with Crippen molar-refractivity contribution in [1.29, 1.82) is 0 Å². The van der Waals surface area contributed by atoms with Gasteiger partial charge in [0.25, 0.3) is 0 Å². The van der Waals surface area contributed by atoms with Gasteiger partial charge in [-0.25, -0.2) is 0 Å². The highest BCUT2D eigenvalue weighted by molar-refractivity contribution is 5.81. The van der Waals surface area contributed by atoms with E-state index in [-0.39, 0.29) is 0 Å². The van der Waals surface area contributed by atoms with Gasteiger partial charge in [-0.15, -0.1) is 0 Å². The molecule has 0 aliphatic heterocycles. The van der Waals surface area contributed by atoms with E-state index in [0.29, 0.717) is 13.2 Å². The summed E-state index contributed by atoms with van der Waals surface area (Å²) in [6.07, 6.45) is 1.77. The highest BCUT2D eigenvalue weighted by Crippen LogP contribution is 2.29. The normalized spacial score (nSPS) is 10.8. The lowest BCUT2D eigenvalue weighted by Crippen LogP contribution is -2.01. The van der Waals surface area contributed by atoms with Crippen LogP contribution in [0, 0.1) is 13.8 Å². The van der Waals surface area contributed by atoms with Crippen LogP contribution >= 0.6 is 0 Å². The van der Waals surface area contributed by atoms with Crippen molar-refractivity contribution in [3.05, 3.63) is 89.0 Å². The van der Waals surface area contributed by atoms with Gasteiger partial charge in [0, 0.05) is 0 Å². The van der Waals surface area contributed by atoms with Crippen LogP contribution in [0.3, 0.4) is 0 Å². The summed E-state index contributed by atoms with van der Waals surface area (Å²) < 4.78 is 11.8. The summed E-state index contributed by atoms with van der Waals surface area (Å²) in [5, 5.41) is 4.31. The summed E-state index contributed by atoms with van der Waals surface area (Å²) in [5.41, 5.74) is 8.52. The predicted octanol–water partition coefficient (Wildman–Crippen LogP) is 5.73. The number of aryl methyl sites for hydroxylation is 2. The Morgan fingerprint density at radius 3 is 2.43 bits per heavy atom. The molecule has 28 heavy (non-hydrogen) atoms. The molecule has 4 heteroatoms. The quantitative estimate of drug-likeness (QED) is 0.405. The van der Waals surface area contributed by atoms with Gasteiger partial charge in [-0.2, -0.15) is 5.10 Å². The van der Waals surface area contributed by atoms with Gasteiger partial charge in [0.2, 0.25) is 0 Å². The van der Waals surface area contributed by atoms with Crippen LogP contribution in [0.4, 0.5) is 5.69 Å². The van der Waals surface area contributed by atoms with E-state index in [1.54, 1.807) is 6.21 Å². The third kappa shape index (κ3) is 5.36. The largest absolute Gasteiger partial charge is 0.490 e. The molecular weight excluding hydrogens is 348 g/mol. The van der Waals surface area contributed by atoms with Gasteiger partial charge in [-0.05, 0) is 67.8 Å². The summed E-state index contributed by atoms with van der Waals surface area (Å²) in [5.74, 6) is 1.45. The fraction of sp³-hybridized carbons (Fsp3) is 0.208. The third-order valence-electron chi connectivity index (χ3n) is 4.37. The van der Waals surface area contributed by atoms with Crippen LogP contribution in [0.1, 0.15) is 29.2 Å². The fourth-order valence-electron chi connectivity index (χ4n) is 2.73. The Morgan fingerprint density at radius 1 is 0.893 bits per heavy atom. The minimum atomic E-state index is 0.509. The number of benzene rings is 3. The van der Waals surface area contributed by atoms with E-state index in [9.17, 15) is 0 Å². The van der Waals surface area contributed by atoms with Crippen LogP contribution in [0.2, 0.25) is 0 Å². The Labute approximate surface area is 166 Å². The van der Waals surface area contributed by atoms with Gasteiger partial charge in [-0.1, -0.05) is 42.0 Å². The predicted molar refractivity (Wildman–Crippen MR) is 116 cm³/mol. The first-order chi connectivity index (χ1) is 13.7. The van der Waals surface area contributed by atoms with E-state index in [4.69, 9.17) is 9.47 Å². The standard InChI is InChI=1S/C24H26N2O2/c1-4-27-24-15-20(16-25-26-22-12-9-18(2)10-13-22)11-14-23(24)28-17-21-8-6-5-7-19(21)3/h5-16,26H,4,17H2,1-3H3. The number of hydrogen-bond donors (Lipinski definition) is 1. The van der Waals surface area contributed by atoms with Crippen molar-refractivity contribution >= 4 is 11.9 Å². The molecule has 3 aromatic carbocycles. The maximum atomic E-state index is 6.01. The van der Waals surface area contributed by atoms with Crippen molar-refractivity contribution < 1.29 is 9.47 Å². The zero-order chi connectivity index (χ0) is 19.8. The molecule has 0 spiro atoms. The van der Waals surface area contributed by atoms with Crippen LogP contribution in [0.5, 0.6) is 11.5 Å². The molecule has 0 amide bonds. The first-order valence-electron chi connectivity index (χ1n) is 9.45. The molecule has 0 radical (unpaired) electrons. The maximum absolute atomic E-state index is 6.01. The van der Waals surface area contributed by atoms with Crippen LogP contribution in [0.15, 0.2) is 71.8 Å². The molecule has 0 heterocycles. The van der Waals surface area contributed by atoms with Gasteiger partial charge in [-0.3, -0.25) is 5.43 Å². The number of anilines is 1. The average Bonchev–Trinajstić information content (AvgIpc) is 2.70. The summed E-state index contributed by atoms with van der Waals surface area (Å²) in [6, 6.07) is 22.2. The maximum Gasteiger partial charge on any atom is 0.161 e. The zero-order valence-corrected chi connectivity index (χ0v) is 16.6. The minimum Gasteiger partial charge on any atom is -0.490 e. The van der Waals surface area contributed by atoms with Crippen LogP contribution in [0.25, 0.3) is 0 Å². The molecule has 0 bridgehead atoms. The topological polar surface area (TPSA) is 42.8 Å². The number of ether oxygens (including phenoxy) is 2. The number of rotatable bonds is 8. The molecule has 3 aromatic rings. The van der Waals surface area contributed by atoms with Crippen molar-refractivity contribution in [2.45, 2.75) is 27.4 Å². The molecule has 0 saturated heterocycles. The van der Waals surface area contributed by atoms with E-state index in [0.717, 1.165) is 28.3 Å². The highest BCUT2D eigenvalue weighted by atomic mass is 16.5. The SMILES string of the molecule is CCOc1cc(C=NNc2ccc(C)cc2)ccc1OCc1ccccc1C. The molecule has 0 saturated carbocycles. The van der Waals surface area contributed by atoms with Gasteiger partial charge < -0.3 is 9.47 Å². The number of nitrogens with one attached hydrogen (secondary N) is 1. The fourth-order valence-corrected chi connectivity index (χ4v) is 2.73. The Balaban J connectivity index is 1.68. The number of nitrogens with zero attached hydrogens (tertiary/aromatic N) is 1. The van der Waals surface area contributed by atoms with Crippen molar-refractivity contribution in [3.8, 4) is 11.5 Å². The Bertz CT molecular complexity index is 934. The summed E-state index contributed by atoms with van der Waals surface area (Å²) >= 11 is 0. The number of hydrazone groups is 1. The third-order valence-corrected chi connectivity index (χ3v) is 4.37. The average molecular weight is 374 g/mol. The van der Waals surface area contributed by atoms with Crippen molar-refractivity contribution in [1.82, 2.24) is 0 Å². The number of hydrogen-bond acceptors (Lipinski definition) is 4. The molecule has 0 aliphatic rings. The lowest BCUT2D eigenvalue weighted by molar-refractivity contribution is 0.269. The van der Waals surface area contributed by atoms with Gasteiger partial charge in [0.15, 0.2) is 11.5 Å². The van der Waals surface area contributed by atoms with E-state index in [1.165, 1.54) is 11.1 Å². The minimum absolute atomic E-state index is 0.509. The monoisotopic (exact) mass is 374 g/mol. The molecular formula is C24H26N2O2. The summed E-state index contributed by atoms with van der Waals surface area (Å²) in [6.45, 7) is 7.19. The van der Waals surface area contributed by atoms with Gasteiger partial charge in [0.05, 0.1) is 18.5 Å². The van der Waals surface area contributed by atoms with Crippen LogP contribution in [-0.4, -0.2) is 12.8 Å². The van der Waals surface area contributed by atoms with Crippen LogP contribution < -0.4 is 14.9 Å². The first kappa shape index (κ1) is 19.5. The van der Waals surface area contributed by atoms with Crippen LogP contribution in [-0.2, 0) is 6.61 Å². The summed E-state index contributed by atoms with van der Waals surface area (Å²) in [4.78, 5) is 0. The molecule has 4 nitrogen and oxygen atoms in total. The van der Waals surface area contributed by atoms with E-state index < -0.39 is 0 Å². The van der Waals surface area contributed by atoms with E-state index in [1.807, 2.05) is 61.5 Å². The van der Waals surface area contributed by atoms with Crippen molar-refractivity contribution in [2.75, 3.05) is 12.0 Å². The molecule has 0 aromatic heterocycles.